The third-order valence-corrected chi connectivity index (χ3v) is 2.80. The summed E-state index contributed by atoms with van der Waals surface area (Å²) in [7, 11) is 0. The van der Waals surface area contributed by atoms with Crippen molar-refractivity contribution in [2.45, 2.75) is 19.2 Å². The zero-order valence-electron chi connectivity index (χ0n) is 10.2. The maximum absolute atomic E-state index is 11.8. The molecule has 2 aromatic rings. The van der Waals surface area contributed by atoms with Crippen molar-refractivity contribution in [3.8, 4) is 0 Å². The maximum Gasteiger partial charge on any atom is 0.287 e. The predicted molar refractivity (Wildman–Crippen MR) is 68.2 cm³/mol. The largest absolute Gasteiger partial charge is 0.455 e. The highest BCUT2D eigenvalue weighted by Crippen LogP contribution is 2.13. The van der Waals surface area contributed by atoms with Gasteiger partial charge in [0.1, 0.15) is 11.6 Å². The predicted octanol–water partition coefficient (Wildman–Crippen LogP) is 1.50. The van der Waals surface area contributed by atoms with E-state index in [1.54, 1.807) is 24.8 Å². The van der Waals surface area contributed by atoms with E-state index in [-0.39, 0.29) is 12.5 Å². The first-order chi connectivity index (χ1) is 8.69. The van der Waals surface area contributed by atoms with E-state index in [1.807, 2.05) is 12.3 Å². The van der Waals surface area contributed by atoms with Crippen molar-refractivity contribution >= 4 is 17.7 Å². The van der Waals surface area contributed by atoms with Crippen molar-refractivity contribution in [2.24, 2.45) is 0 Å². The number of hydrogen-bond acceptors (Lipinski definition) is 5. The first kappa shape index (κ1) is 12.7. The van der Waals surface area contributed by atoms with Crippen LogP contribution in [0.4, 0.5) is 0 Å². The van der Waals surface area contributed by atoms with Gasteiger partial charge >= 0.3 is 0 Å². The van der Waals surface area contributed by atoms with Crippen molar-refractivity contribution in [1.29, 1.82) is 0 Å². The normalized spacial score (nSPS) is 10.6. The minimum Gasteiger partial charge on any atom is -0.455 e. The van der Waals surface area contributed by atoms with Crippen LogP contribution >= 0.6 is 11.8 Å². The van der Waals surface area contributed by atoms with Crippen LogP contribution in [-0.4, -0.2) is 27.3 Å². The smallest absolute Gasteiger partial charge is 0.287 e. The van der Waals surface area contributed by atoms with Gasteiger partial charge in [0.05, 0.1) is 12.3 Å². The van der Waals surface area contributed by atoms with Crippen LogP contribution in [0.5, 0.6) is 0 Å². The molecule has 0 spiro atoms. The molecule has 0 aliphatic carbocycles. The van der Waals surface area contributed by atoms with E-state index >= 15 is 0 Å². The summed E-state index contributed by atoms with van der Waals surface area (Å²) < 4.78 is 5.40. The highest BCUT2D eigenvalue weighted by molar-refractivity contribution is 7.97. The molecular formula is C11H14N4O2S. The number of aromatic nitrogens is 3. The Balaban J connectivity index is 1.90. The number of carbonyl (C=O) groups excluding carboxylic acids is 1. The molecule has 0 aromatic carbocycles. The molecule has 18 heavy (non-hydrogen) atoms. The molecule has 0 atom stereocenters. The number of amides is 1. The monoisotopic (exact) mass is 266 g/mol. The zero-order valence-corrected chi connectivity index (χ0v) is 11.0. The number of furan rings is 1. The van der Waals surface area contributed by atoms with Gasteiger partial charge < -0.3 is 9.73 Å². The average Bonchev–Trinajstić information content (AvgIpc) is 2.96. The van der Waals surface area contributed by atoms with Gasteiger partial charge in [-0.3, -0.25) is 9.89 Å². The molecule has 2 aromatic heterocycles. The van der Waals surface area contributed by atoms with Crippen LogP contribution in [-0.2, 0) is 12.3 Å². The molecule has 2 rings (SSSR count). The molecule has 0 aliphatic heterocycles. The number of nitrogens with zero attached hydrogens (tertiary/aromatic N) is 2. The molecule has 96 valence electrons. The molecule has 0 fully saturated rings. The Morgan fingerprint density at radius 1 is 1.56 bits per heavy atom. The van der Waals surface area contributed by atoms with E-state index in [1.165, 1.54) is 0 Å². The van der Waals surface area contributed by atoms with Crippen molar-refractivity contribution in [3.63, 3.8) is 0 Å². The maximum atomic E-state index is 11.8. The Morgan fingerprint density at radius 2 is 2.39 bits per heavy atom. The fraction of sp³-hybridized carbons (Fsp3) is 0.364. The van der Waals surface area contributed by atoms with Gasteiger partial charge in [0.2, 0.25) is 0 Å². The number of nitrogens with one attached hydrogen (secondary N) is 2. The van der Waals surface area contributed by atoms with E-state index in [4.69, 9.17) is 4.42 Å². The second kappa shape index (κ2) is 5.72. The lowest BCUT2D eigenvalue weighted by atomic mass is 10.4. The Kier molecular flexibility index (Phi) is 4.03. The molecule has 0 saturated carbocycles. The van der Waals surface area contributed by atoms with Gasteiger partial charge in [0, 0.05) is 0 Å². The molecule has 1 amide bonds. The molecule has 0 bridgehead atoms. The second-order valence-corrected chi connectivity index (χ2v) is 4.58. The topological polar surface area (TPSA) is 83.8 Å². The summed E-state index contributed by atoms with van der Waals surface area (Å²) in [5.74, 6) is 2.88. The lowest BCUT2D eigenvalue weighted by Crippen LogP contribution is -2.22. The second-order valence-electron chi connectivity index (χ2n) is 3.72. The third kappa shape index (κ3) is 3.13. The molecule has 0 saturated heterocycles. The zero-order chi connectivity index (χ0) is 13.0. The molecule has 7 heteroatoms. The summed E-state index contributed by atoms with van der Waals surface area (Å²) in [4.78, 5) is 15.9. The standard InChI is InChI=1S/C11H14N4O2S/c1-7-13-10(15-14-7)5-12-11(16)9-4-3-8(17-9)6-18-2/h3-4H,5-6H2,1-2H3,(H,12,16)(H,13,14,15). The fourth-order valence-electron chi connectivity index (χ4n) is 1.43. The number of carbonyl (C=O) groups is 1. The van der Waals surface area contributed by atoms with Crippen LogP contribution in [0, 0.1) is 6.92 Å². The number of thioether (sulfide) groups is 1. The Bertz CT molecular complexity index is 535. The Labute approximate surface area is 109 Å². The molecule has 0 aliphatic rings. The van der Waals surface area contributed by atoms with E-state index < -0.39 is 0 Å². The van der Waals surface area contributed by atoms with Crippen LogP contribution in [0.25, 0.3) is 0 Å². The minimum atomic E-state index is -0.259. The van der Waals surface area contributed by atoms with Gasteiger partial charge in [-0.2, -0.15) is 16.9 Å². The number of hydrogen-bond donors (Lipinski definition) is 2. The van der Waals surface area contributed by atoms with Crippen LogP contribution in [0.15, 0.2) is 16.5 Å². The number of rotatable bonds is 5. The van der Waals surface area contributed by atoms with E-state index in [0.29, 0.717) is 11.6 Å². The van der Waals surface area contributed by atoms with Crippen molar-refractivity contribution < 1.29 is 9.21 Å². The number of aryl methyl sites for hydroxylation is 1. The van der Waals surface area contributed by atoms with E-state index in [2.05, 4.69) is 20.5 Å². The van der Waals surface area contributed by atoms with E-state index in [0.717, 1.165) is 17.3 Å². The molecule has 6 nitrogen and oxygen atoms in total. The molecular weight excluding hydrogens is 252 g/mol. The van der Waals surface area contributed by atoms with Gasteiger partial charge in [-0.05, 0) is 25.3 Å². The first-order valence-electron chi connectivity index (χ1n) is 5.43. The lowest BCUT2D eigenvalue weighted by molar-refractivity contribution is 0.0920. The first-order valence-corrected chi connectivity index (χ1v) is 6.82. The summed E-state index contributed by atoms with van der Waals surface area (Å²) in [5.41, 5.74) is 0. The van der Waals surface area contributed by atoms with Crippen LogP contribution < -0.4 is 5.32 Å². The number of H-pyrrole nitrogens is 1. The minimum absolute atomic E-state index is 0.259. The summed E-state index contributed by atoms with van der Waals surface area (Å²) in [6, 6.07) is 3.48. The van der Waals surface area contributed by atoms with Crippen molar-refractivity contribution in [1.82, 2.24) is 20.5 Å². The molecule has 0 radical (unpaired) electrons. The quantitative estimate of drug-likeness (QED) is 0.856. The lowest BCUT2D eigenvalue weighted by Gasteiger charge is -1.99. The summed E-state index contributed by atoms with van der Waals surface area (Å²) in [6.07, 6.45) is 1.98. The summed E-state index contributed by atoms with van der Waals surface area (Å²) in [5, 5.41) is 9.35. The van der Waals surface area contributed by atoms with Gasteiger partial charge in [-0.25, -0.2) is 4.98 Å². The van der Waals surface area contributed by atoms with Crippen LogP contribution in [0.3, 0.4) is 0 Å². The fourth-order valence-corrected chi connectivity index (χ4v) is 1.87. The molecule has 2 N–H and O–H groups in total. The Morgan fingerprint density at radius 3 is 3.06 bits per heavy atom. The third-order valence-electron chi connectivity index (χ3n) is 2.22. The van der Waals surface area contributed by atoms with E-state index in [9.17, 15) is 4.79 Å². The molecule has 2 heterocycles. The van der Waals surface area contributed by atoms with Crippen molar-refractivity contribution in [3.05, 3.63) is 35.3 Å². The SMILES string of the molecule is CSCc1ccc(C(=O)NCc2n[nH]c(C)n2)o1. The Hall–Kier alpha value is -1.76. The summed E-state index contributed by atoms with van der Waals surface area (Å²) >= 11 is 1.64. The van der Waals surface area contributed by atoms with Crippen LogP contribution in [0.2, 0.25) is 0 Å². The van der Waals surface area contributed by atoms with Gasteiger partial charge in [0.15, 0.2) is 11.6 Å². The number of aromatic amines is 1. The van der Waals surface area contributed by atoms with Crippen molar-refractivity contribution in [2.75, 3.05) is 6.26 Å². The van der Waals surface area contributed by atoms with Crippen LogP contribution in [0.1, 0.15) is 28.0 Å². The molecule has 0 unspecified atom stereocenters. The van der Waals surface area contributed by atoms with Gasteiger partial charge in [-0.1, -0.05) is 0 Å². The van der Waals surface area contributed by atoms with Gasteiger partial charge in [-0.15, -0.1) is 0 Å². The summed E-state index contributed by atoms with van der Waals surface area (Å²) in [6.45, 7) is 2.08. The average molecular weight is 266 g/mol. The van der Waals surface area contributed by atoms with Gasteiger partial charge in [0.25, 0.3) is 5.91 Å². The highest BCUT2D eigenvalue weighted by atomic mass is 32.2. The highest BCUT2D eigenvalue weighted by Gasteiger charge is 2.11.